The minimum Gasteiger partial charge on any atom is -0.478 e. The first-order chi connectivity index (χ1) is 9.79. The first-order valence-electron chi connectivity index (χ1n) is 5.89. The lowest BCUT2D eigenvalue weighted by atomic mass is 10.1. The van der Waals surface area contributed by atoms with Crippen LogP contribution in [-0.4, -0.2) is 19.5 Å². The van der Waals surface area contributed by atoms with Crippen LogP contribution in [0.4, 0.5) is 4.39 Å². The SMILES string of the molecule is CC(NS(=O)(=O)c1cc(C(=O)O)cs1)c1cccc(F)c1. The predicted octanol–water partition coefficient (Wildman–Crippen LogP) is 2.62. The standard InChI is InChI=1S/C13H12FNO4S2/c1-8(9-3-2-4-11(14)5-9)15-21(18,19)12-6-10(7-20-12)13(16)17/h2-8,15H,1H3,(H,16,17). The van der Waals surface area contributed by atoms with Gasteiger partial charge in [-0.25, -0.2) is 22.3 Å². The molecule has 0 amide bonds. The summed E-state index contributed by atoms with van der Waals surface area (Å²) in [5.41, 5.74) is 0.396. The van der Waals surface area contributed by atoms with E-state index in [2.05, 4.69) is 4.72 Å². The Balaban J connectivity index is 2.22. The molecule has 0 bridgehead atoms. The Morgan fingerprint density at radius 2 is 2.10 bits per heavy atom. The Morgan fingerprint density at radius 3 is 2.67 bits per heavy atom. The smallest absolute Gasteiger partial charge is 0.336 e. The highest BCUT2D eigenvalue weighted by Crippen LogP contribution is 2.23. The zero-order chi connectivity index (χ0) is 15.6. The Labute approximate surface area is 125 Å². The molecule has 1 aromatic heterocycles. The van der Waals surface area contributed by atoms with Crippen LogP contribution in [0, 0.1) is 5.82 Å². The molecule has 2 aromatic rings. The molecule has 112 valence electrons. The molecule has 2 rings (SSSR count). The van der Waals surface area contributed by atoms with Gasteiger partial charge in [0, 0.05) is 11.4 Å². The number of benzene rings is 1. The third-order valence-electron chi connectivity index (χ3n) is 2.77. The number of hydrogen-bond donors (Lipinski definition) is 2. The first-order valence-corrected chi connectivity index (χ1v) is 8.25. The van der Waals surface area contributed by atoms with Gasteiger partial charge in [-0.3, -0.25) is 0 Å². The number of carbonyl (C=O) groups is 1. The number of halogens is 1. The van der Waals surface area contributed by atoms with Crippen LogP contribution in [0.25, 0.3) is 0 Å². The summed E-state index contributed by atoms with van der Waals surface area (Å²) >= 11 is 0.820. The van der Waals surface area contributed by atoms with Gasteiger partial charge in [0.2, 0.25) is 0 Å². The molecule has 0 saturated heterocycles. The number of nitrogens with one attached hydrogen (secondary N) is 1. The van der Waals surface area contributed by atoms with Crippen molar-refractivity contribution < 1.29 is 22.7 Å². The number of rotatable bonds is 5. The summed E-state index contributed by atoms with van der Waals surface area (Å²) in [6.07, 6.45) is 0. The second kappa shape index (κ2) is 5.92. The average Bonchev–Trinajstić information content (AvgIpc) is 2.88. The molecule has 0 radical (unpaired) electrons. The van der Waals surface area contributed by atoms with Gasteiger partial charge in [0.25, 0.3) is 10.0 Å². The second-order valence-corrected chi connectivity index (χ2v) is 7.21. The van der Waals surface area contributed by atoms with Gasteiger partial charge < -0.3 is 5.11 Å². The van der Waals surface area contributed by atoms with Crippen LogP contribution >= 0.6 is 11.3 Å². The van der Waals surface area contributed by atoms with E-state index in [0.29, 0.717) is 5.56 Å². The van der Waals surface area contributed by atoms with E-state index >= 15 is 0 Å². The normalized spacial score (nSPS) is 13.0. The van der Waals surface area contributed by atoms with Crippen molar-refractivity contribution in [3.63, 3.8) is 0 Å². The minimum absolute atomic E-state index is 0.0845. The van der Waals surface area contributed by atoms with Gasteiger partial charge in [0.15, 0.2) is 0 Å². The molecule has 5 nitrogen and oxygen atoms in total. The van der Waals surface area contributed by atoms with Crippen LogP contribution in [-0.2, 0) is 10.0 Å². The van der Waals surface area contributed by atoms with Gasteiger partial charge in [0.05, 0.1) is 5.56 Å². The van der Waals surface area contributed by atoms with Crippen molar-refractivity contribution in [3.8, 4) is 0 Å². The van der Waals surface area contributed by atoms with E-state index in [-0.39, 0.29) is 9.77 Å². The van der Waals surface area contributed by atoms with Crippen molar-refractivity contribution in [2.24, 2.45) is 0 Å². The molecular formula is C13H12FNO4S2. The largest absolute Gasteiger partial charge is 0.478 e. The van der Waals surface area contributed by atoms with E-state index < -0.39 is 27.9 Å². The fraction of sp³-hybridized carbons (Fsp3) is 0.154. The number of thiophene rings is 1. The van der Waals surface area contributed by atoms with E-state index in [0.717, 1.165) is 17.4 Å². The Hall–Kier alpha value is -1.77. The van der Waals surface area contributed by atoms with Crippen molar-refractivity contribution in [1.29, 1.82) is 0 Å². The zero-order valence-electron chi connectivity index (χ0n) is 10.9. The molecule has 0 saturated carbocycles. The summed E-state index contributed by atoms with van der Waals surface area (Å²) in [6.45, 7) is 1.58. The highest BCUT2D eigenvalue weighted by atomic mass is 32.2. The molecule has 2 N–H and O–H groups in total. The molecule has 1 unspecified atom stereocenters. The van der Waals surface area contributed by atoms with E-state index in [1.807, 2.05) is 0 Å². The van der Waals surface area contributed by atoms with Crippen molar-refractivity contribution in [2.45, 2.75) is 17.2 Å². The molecule has 0 aliphatic heterocycles. The fourth-order valence-corrected chi connectivity index (χ4v) is 4.11. The molecule has 21 heavy (non-hydrogen) atoms. The number of sulfonamides is 1. The van der Waals surface area contributed by atoms with Crippen LogP contribution < -0.4 is 4.72 Å². The van der Waals surface area contributed by atoms with Gasteiger partial charge in [0.1, 0.15) is 10.0 Å². The van der Waals surface area contributed by atoms with Gasteiger partial charge in [-0.1, -0.05) is 12.1 Å². The Kier molecular flexibility index (Phi) is 4.40. The number of carboxylic acid groups (broad SMARTS) is 1. The summed E-state index contributed by atoms with van der Waals surface area (Å²) in [4.78, 5) is 10.8. The molecule has 0 spiro atoms. The van der Waals surface area contributed by atoms with E-state index in [4.69, 9.17) is 5.11 Å². The molecular weight excluding hydrogens is 317 g/mol. The van der Waals surface area contributed by atoms with E-state index in [9.17, 15) is 17.6 Å². The molecule has 1 aromatic carbocycles. The molecule has 1 heterocycles. The topological polar surface area (TPSA) is 83.5 Å². The van der Waals surface area contributed by atoms with E-state index in [1.54, 1.807) is 13.0 Å². The third kappa shape index (κ3) is 3.66. The van der Waals surface area contributed by atoms with Gasteiger partial charge in [-0.2, -0.15) is 0 Å². The van der Waals surface area contributed by atoms with Crippen molar-refractivity contribution in [2.75, 3.05) is 0 Å². The summed E-state index contributed by atoms with van der Waals surface area (Å²) in [5.74, 6) is -1.64. The second-order valence-electron chi connectivity index (χ2n) is 4.36. The first kappa shape index (κ1) is 15.6. The summed E-state index contributed by atoms with van der Waals surface area (Å²) in [7, 11) is -3.85. The lowest BCUT2D eigenvalue weighted by Crippen LogP contribution is -2.26. The monoisotopic (exact) mass is 329 g/mol. The maximum Gasteiger partial charge on any atom is 0.336 e. The lowest BCUT2D eigenvalue weighted by Gasteiger charge is -2.13. The highest BCUT2D eigenvalue weighted by molar-refractivity contribution is 7.91. The number of carboxylic acids is 1. The summed E-state index contributed by atoms with van der Waals surface area (Å²) < 4.78 is 39.7. The van der Waals surface area contributed by atoms with Gasteiger partial charge >= 0.3 is 5.97 Å². The third-order valence-corrected chi connectivity index (χ3v) is 5.75. The van der Waals surface area contributed by atoms with Gasteiger partial charge in [-0.15, -0.1) is 11.3 Å². The molecule has 0 fully saturated rings. The van der Waals surface area contributed by atoms with Crippen LogP contribution in [0.5, 0.6) is 0 Å². The fourth-order valence-electron chi connectivity index (χ4n) is 1.70. The van der Waals surface area contributed by atoms with Gasteiger partial charge in [-0.05, 0) is 30.7 Å². The number of hydrogen-bond acceptors (Lipinski definition) is 4. The Bertz CT molecular complexity index is 770. The predicted molar refractivity (Wildman–Crippen MR) is 76.4 cm³/mol. The van der Waals surface area contributed by atoms with Crippen molar-refractivity contribution >= 4 is 27.3 Å². The zero-order valence-corrected chi connectivity index (χ0v) is 12.5. The van der Waals surface area contributed by atoms with Crippen molar-refractivity contribution in [3.05, 3.63) is 52.7 Å². The van der Waals surface area contributed by atoms with Crippen LogP contribution in [0.2, 0.25) is 0 Å². The molecule has 0 aliphatic rings. The highest BCUT2D eigenvalue weighted by Gasteiger charge is 2.21. The van der Waals surface area contributed by atoms with Crippen LogP contribution in [0.3, 0.4) is 0 Å². The summed E-state index contributed by atoms with van der Waals surface area (Å²) in [6, 6.07) is 6.05. The Morgan fingerprint density at radius 1 is 1.38 bits per heavy atom. The van der Waals surface area contributed by atoms with E-state index in [1.165, 1.54) is 23.6 Å². The van der Waals surface area contributed by atoms with Crippen LogP contribution in [0.15, 0.2) is 39.9 Å². The van der Waals surface area contributed by atoms with Crippen molar-refractivity contribution in [1.82, 2.24) is 4.72 Å². The molecule has 1 atom stereocenters. The quantitative estimate of drug-likeness (QED) is 0.883. The minimum atomic E-state index is -3.85. The van der Waals surface area contributed by atoms with Crippen LogP contribution in [0.1, 0.15) is 28.9 Å². The molecule has 0 aliphatic carbocycles. The average molecular weight is 329 g/mol. The number of aromatic carboxylic acids is 1. The molecule has 8 heteroatoms. The summed E-state index contributed by atoms with van der Waals surface area (Å²) in [5, 5.41) is 10.1. The maximum atomic E-state index is 13.1. The maximum absolute atomic E-state index is 13.1. The lowest BCUT2D eigenvalue weighted by molar-refractivity contribution is 0.0697.